The van der Waals surface area contributed by atoms with E-state index < -0.39 is 0 Å². The lowest BCUT2D eigenvalue weighted by molar-refractivity contribution is 1.67. The molecule has 0 atom stereocenters. The van der Waals surface area contributed by atoms with E-state index in [2.05, 4.69) is 19.2 Å². The van der Waals surface area contributed by atoms with Crippen LogP contribution >= 0.6 is 12.6 Å². The Morgan fingerprint density at radius 1 is 1.36 bits per heavy atom. The second kappa shape index (κ2) is 9.31. The lowest BCUT2D eigenvalue weighted by Crippen LogP contribution is -1.63. The van der Waals surface area contributed by atoms with Gasteiger partial charge in [0.25, 0.3) is 0 Å². The van der Waals surface area contributed by atoms with E-state index in [0.29, 0.717) is 0 Å². The second-order valence-corrected chi connectivity index (χ2v) is 1.61. The molecule has 0 aliphatic carbocycles. The van der Waals surface area contributed by atoms with Gasteiger partial charge in [-0.25, -0.2) is 0 Å². The Morgan fingerprint density at radius 2 is 1.82 bits per heavy atom. The first-order valence-corrected chi connectivity index (χ1v) is 3.95. The van der Waals surface area contributed by atoms with Gasteiger partial charge in [0, 0.05) is 1.37 Å². The molecule has 1 rings (SSSR count). The Kier molecular flexibility index (Phi) is 8.73. The van der Waals surface area contributed by atoms with Crippen molar-refractivity contribution in [2.24, 2.45) is 0 Å². The van der Waals surface area contributed by atoms with Crippen molar-refractivity contribution in [2.45, 2.75) is 7.40 Å². The zero-order chi connectivity index (χ0) is 9.82. The third kappa shape index (κ3) is 5.74. The molecular weight excluding hydrogens is 152 g/mol. The van der Waals surface area contributed by atoms with Crippen LogP contribution in [0.5, 0.6) is 0 Å². The fourth-order valence-corrected chi connectivity index (χ4v) is 0.589. The van der Waals surface area contributed by atoms with Crippen molar-refractivity contribution < 1.29 is 1.37 Å². The summed E-state index contributed by atoms with van der Waals surface area (Å²) in [7, 11) is 1.25. The molecule has 0 bridgehead atoms. The highest BCUT2D eigenvalue weighted by Gasteiger charge is 1.75. The van der Waals surface area contributed by atoms with Crippen LogP contribution in [0.1, 0.15) is 14.3 Å². The van der Waals surface area contributed by atoms with E-state index in [1.54, 1.807) is 6.26 Å². The molecule has 0 aromatic heterocycles. The lowest BCUT2D eigenvalue weighted by Gasteiger charge is -1.85. The molecule has 0 amide bonds. The molecule has 0 heterocycles. The average molecular weight is 170 g/mol. The molecule has 62 valence electrons. The van der Waals surface area contributed by atoms with Crippen LogP contribution in [0.15, 0.2) is 36.9 Å². The quantitative estimate of drug-likeness (QED) is 0.613. The third-order valence-corrected chi connectivity index (χ3v) is 1.04. The second-order valence-electron chi connectivity index (χ2n) is 1.61. The van der Waals surface area contributed by atoms with E-state index >= 15 is 0 Å². The summed E-state index contributed by atoms with van der Waals surface area (Å²) in [6.45, 7) is 3.63. The van der Waals surface area contributed by atoms with Crippen molar-refractivity contribution in [2.75, 3.05) is 6.26 Å². The van der Waals surface area contributed by atoms with Gasteiger partial charge in [-0.2, -0.15) is 12.6 Å². The number of benzene rings is 1. The maximum absolute atomic E-state index is 5.75. The first-order valence-electron chi connectivity index (χ1n) is 4.05. The predicted octanol–water partition coefficient (Wildman–Crippen LogP) is 3.51. The Bertz CT molecular complexity index is 172. The van der Waals surface area contributed by atoms with Gasteiger partial charge in [-0.15, -0.1) is 0 Å². The summed E-state index contributed by atoms with van der Waals surface area (Å²) < 4.78 is 5.75. The molecule has 0 radical (unpaired) electrons. The molecule has 0 fully saturated rings. The van der Waals surface area contributed by atoms with Crippen molar-refractivity contribution in [3.63, 3.8) is 0 Å². The molecule has 0 unspecified atom stereocenters. The van der Waals surface area contributed by atoms with Gasteiger partial charge in [0.2, 0.25) is 0 Å². The van der Waals surface area contributed by atoms with Crippen LogP contribution in [0, 0.1) is 0 Å². The average Bonchev–Trinajstić information content (AvgIpc) is 2.25. The number of hydrogen-bond acceptors (Lipinski definition) is 1. The van der Waals surface area contributed by atoms with E-state index in [9.17, 15) is 0 Å². The van der Waals surface area contributed by atoms with Crippen LogP contribution in [0.3, 0.4) is 0 Å². The Hall–Kier alpha value is -0.690. The number of thiol groups is 1. The topological polar surface area (TPSA) is 0 Å². The summed E-state index contributed by atoms with van der Waals surface area (Å²) in [4.78, 5) is 0. The minimum atomic E-state index is 1.17. The van der Waals surface area contributed by atoms with E-state index in [-0.39, 0.29) is 0 Å². The highest BCUT2D eigenvalue weighted by molar-refractivity contribution is 7.79. The summed E-state index contributed by atoms with van der Waals surface area (Å²) in [5, 5.41) is 0. The van der Waals surface area contributed by atoms with Gasteiger partial charge in [0.1, 0.15) is 0 Å². The van der Waals surface area contributed by atoms with E-state index in [1.165, 1.54) is 13.0 Å². The van der Waals surface area contributed by atoms with Crippen LogP contribution in [0.4, 0.5) is 0 Å². The SMILES string of the molecule is C=Cc1ccccc1.CS.[3H]C. The van der Waals surface area contributed by atoms with Crippen molar-refractivity contribution >= 4 is 18.7 Å². The van der Waals surface area contributed by atoms with E-state index in [1.807, 2.05) is 36.4 Å². The molecule has 1 aromatic carbocycles. The van der Waals surface area contributed by atoms with Crippen molar-refractivity contribution in [3.8, 4) is 0 Å². The summed E-state index contributed by atoms with van der Waals surface area (Å²) in [5.41, 5.74) is 1.17. The van der Waals surface area contributed by atoms with Gasteiger partial charge in [-0.3, -0.25) is 0 Å². The van der Waals surface area contributed by atoms with Gasteiger partial charge < -0.3 is 0 Å². The fourth-order valence-electron chi connectivity index (χ4n) is 0.589. The third-order valence-electron chi connectivity index (χ3n) is 1.04. The Labute approximate surface area is 76.8 Å². The smallest absolute Gasteiger partial charge is 0.0194 e. The summed E-state index contributed by atoms with van der Waals surface area (Å²) in [5.74, 6) is 0. The lowest BCUT2D eigenvalue weighted by atomic mass is 10.2. The predicted molar refractivity (Wildman–Crippen MR) is 58.2 cm³/mol. The largest absolute Gasteiger partial charge is 0.183 e. The van der Waals surface area contributed by atoms with E-state index in [0.717, 1.165) is 0 Å². The summed E-state index contributed by atoms with van der Waals surface area (Å²) in [6, 6.07) is 10.0. The van der Waals surface area contributed by atoms with Crippen molar-refractivity contribution in [1.29, 1.82) is 0 Å². The van der Waals surface area contributed by atoms with Gasteiger partial charge in [-0.1, -0.05) is 50.4 Å². The first-order chi connectivity index (χ1) is 5.93. The Balaban J connectivity index is 0. The Morgan fingerprint density at radius 3 is 2.09 bits per heavy atom. The monoisotopic (exact) mass is 170 g/mol. The summed E-state index contributed by atoms with van der Waals surface area (Å²) >= 11 is 3.53. The fraction of sp³-hybridized carbons (Fsp3) is 0.200. The highest BCUT2D eigenvalue weighted by atomic mass is 32.1. The van der Waals surface area contributed by atoms with Crippen LogP contribution in [-0.4, -0.2) is 6.26 Å². The number of hydrogen-bond donors (Lipinski definition) is 1. The molecule has 1 heteroatoms. The first kappa shape index (κ1) is 10.3. The minimum absolute atomic E-state index is 1.17. The maximum atomic E-state index is 5.75. The van der Waals surface area contributed by atoms with Gasteiger partial charge >= 0.3 is 0 Å². The zero-order valence-electron chi connectivity index (χ0n) is 8.12. The maximum Gasteiger partial charge on any atom is 0.0194 e. The molecule has 0 spiro atoms. The zero-order valence-corrected chi connectivity index (χ0v) is 8.01. The van der Waals surface area contributed by atoms with Gasteiger partial charge in [0.05, 0.1) is 0 Å². The van der Waals surface area contributed by atoms with Crippen LogP contribution < -0.4 is 0 Å². The molecule has 1 aromatic rings. The van der Waals surface area contributed by atoms with Crippen molar-refractivity contribution in [1.82, 2.24) is 0 Å². The van der Waals surface area contributed by atoms with E-state index in [4.69, 9.17) is 1.37 Å². The van der Waals surface area contributed by atoms with Gasteiger partial charge in [0.15, 0.2) is 0 Å². The molecule has 0 saturated heterocycles. The molecule has 0 aliphatic rings. The summed E-state index contributed by atoms with van der Waals surface area (Å²) in [6.07, 6.45) is 3.53. The molecular formula is C10H16S. The highest BCUT2D eigenvalue weighted by Crippen LogP contribution is 1.97. The molecule has 0 saturated carbocycles. The molecule has 0 aliphatic heterocycles. The van der Waals surface area contributed by atoms with Crippen LogP contribution in [0.25, 0.3) is 6.08 Å². The normalized spacial score (nSPS) is 7.36. The van der Waals surface area contributed by atoms with Crippen LogP contribution in [-0.2, 0) is 0 Å². The molecule has 0 nitrogen and oxygen atoms in total. The molecule has 11 heavy (non-hydrogen) atoms. The van der Waals surface area contributed by atoms with Gasteiger partial charge in [-0.05, 0) is 11.8 Å². The number of rotatable bonds is 1. The van der Waals surface area contributed by atoms with Crippen LogP contribution in [0.2, 0.25) is 0 Å². The standard InChI is InChI=1S/C8H8.CH4S.CH4/c1-2-8-6-4-3-5-7-8;1-2;/h2-7H,1H2;2H,1H3;1H4/i;;1T. The molecule has 0 N–H and O–H groups in total. The van der Waals surface area contributed by atoms with Crippen molar-refractivity contribution in [3.05, 3.63) is 42.5 Å². The minimum Gasteiger partial charge on any atom is -0.183 e.